The van der Waals surface area contributed by atoms with Crippen molar-refractivity contribution in [3.05, 3.63) is 105 Å². The molecule has 0 saturated heterocycles. The predicted octanol–water partition coefficient (Wildman–Crippen LogP) is 5.28. The van der Waals surface area contributed by atoms with Crippen molar-refractivity contribution in [1.82, 2.24) is 20.1 Å². The number of benzene rings is 3. The second kappa shape index (κ2) is 11.0. The van der Waals surface area contributed by atoms with Crippen molar-refractivity contribution in [3.63, 3.8) is 0 Å². The van der Waals surface area contributed by atoms with Gasteiger partial charge in [-0.25, -0.2) is 0 Å². The maximum atomic E-state index is 12.9. The van der Waals surface area contributed by atoms with Crippen molar-refractivity contribution in [2.24, 2.45) is 0 Å². The maximum Gasteiger partial charge on any atom is 0.269 e. The zero-order valence-electron chi connectivity index (χ0n) is 20.0. The van der Waals surface area contributed by atoms with Gasteiger partial charge in [0.1, 0.15) is 5.75 Å². The first-order chi connectivity index (χ1) is 17.4. The van der Waals surface area contributed by atoms with Crippen LogP contribution < -0.4 is 10.1 Å². The second-order valence-electron chi connectivity index (χ2n) is 8.15. The standard InChI is InChI=1S/C26H25N5O4S/c1-17-6-4-7-19(14-17)16-36-26-29-28-24(30(26)21-10-12-22(13-11-21)31(33)34)18(2)27-25(32)20-8-5-9-23(15-20)35-3/h4-15,18H,16H2,1-3H3,(H,27,32). The number of carbonyl (C=O) groups is 1. The minimum Gasteiger partial charge on any atom is -0.497 e. The third-order valence-electron chi connectivity index (χ3n) is 5.49. The van der Waals surface area contributed by atoms with Crippen LogP contribution in [0.1, 0.15) is 40.3 Å². The molecule has 0 fully saturated rings. The summed E-state index contributed by atoms with van der Waals surface area (Å²) in [6, 6.07) is 20.8. The lowest BCUT2D eigenvalue weighted by molar-refractivity contribution is -0.384. The smallest absolute Gasteiger partial charge is 0.269 e. The molecule has 0 spiro atoms. The van der Waals surface area contributed by atoms with Gasteiger partial charge in [0, 0.05) is 29.1 Å². The molecule has 1 heterocycles. The minimum atomic E-state index is -0.500. The number of rotatable bonds is 9. The minimum absolute atomic E-state index is 0.0123. The molecule has 0 aliphatic heterocycles. The van der Waals surface area contributed by atoms with E-state index < -0.39 is 11.0 Å². The second-order valence-corrected chi connectivity index (χ2v) is 9.10. The number of aryl methyl sites for hydroxylation is 1. The Morgan fingerprint density at radius 1 is 1.11 bits per heavy atom. The van der Waals surface area contributed by atoms with Gasteiger partial charge in [0.15, 0.2) is 11.0 Å². The van der Waals surface area contributed by atoms with Crippen LogP contribution in [0.25, 0.3) is 5.69 Å². The Morgan fingerprint density at radius 2 is 1.86 bits per heavy atom. The fourth-order valence-electron chi connectivity index (χ4n) is 3.68. The Hall–Kier alpha value is -4.18. The molecule has 1 unspecified atom stereocenters. The van der Waals surface area contributed by atoms with E-state index in [4.69, 9.17) is 4.74 Å². The van der Waals surface area contributed by atoms with Crippen molar-refractivity contribution in [2.45, 2.75) is 30.8 Å². The number of hydrogen-bond donors (Lipinski definition) is 1. The number of thioether (sulfide) groups is 1. The normalized spacial score (nSPS) is 11.6. The summed E-state index contributed by atoms with van der Waals surface area (Å²) in [4.78, 5) is 23.6. The first kappa shape index (κ1) is 24.9. The third kappa shape index (κ3) is 5.72. The van der Waals surface area contributed by atoms with E-state index in [9.17, 15) is 14.9 Å². The van der Waals surface area contributed by atoms with E-state index in [-0.39, 0.29) is 11.6 Å². The first-order valence-electron chi connectivity index (χ1n) is 11.2. The molecule has 184 valence electrons. The van der Waals surface area contributed by atoms with Crippen LogP contribution in [0.5, 0.6) is 5.75 Å². The summed E-state index contributed by atoms with van der Waals surface area (Å²) in [6.07, 6.45) is 0. The van der Waals surface area contributed by atoms with Gasteiger partial charge in [-0.05, 0) is 49.7 Å². The van der Waals surface area contributed by atoms with Crippen LogP contribution in [-0.2, 0) is 5.75 Å². The van der Waals surface area contributed by atoms with Crippen LogP contribution >= 0.6 is 11.8 Å². The molecular weight excluding hydrogens is 478 g/mol. The molecule has 1 N–H and O–H groups in total. The Bertz CT molecular complexity index is 1390. The van der Waals surface area contributed by atoms with Crippen molar-refractivity contribution in [2.75, 3.05) is 7.11 Å². The third-order valence-corrected chi connectivity index (χ3v) is 6.49. The van der Waals surface area contributed by atoms with Gasteiger partial charge in [-0.15, -0.1) is 10.2 Å². The van der Waals surface area contributed by atoms with E-state index in [2.05, 4.69) is 21.6 Å². The molecule has 10 heteroatoms. The Labute approximate surface area is 212 Å². The Kier molecular flexibility index (Phi) is 7.65. The summed E-state index contributed by atoms with van der Waals surface area (Å²) in [6.45, 7) is 3.86. The van der Waals surface area contributed by atoms with E-state index in [1.54, 1.807) is 43.5 Å². The molecule has 0 aliphatic rings. The van der Waals surface area contributed by atoms with Crippen LogP contribution in [0.15, 0.2) is 78.0 Å². The van der Waals surface area contributed by atoms with E-state index in [0.29, 0.717) is 33.7 Å². The van der Waals surface area contributed by atoms with Gasteiger partial charge in [-0.2, -0.15) is 0 Å². The molecule has 1 aromatic heterocycles. The van der Waals surface area contributed by atoms with Gasteiger partial charge in [0.05, 0.1) is 18.1 Å². The quantitative estimate of drug-likeness (QED) is 0.188. The number of hydrogen-bond acceptors (Lipinski definition) is 7. The summed E-state index contributed by atoms with van der Waals surface area (Å²) >= 11 is 1.50. The van der Waals surface area contributed by atoms with E-state index in [1.807, 2.05) is 36.6 Å². The zero-order valence-corrected chi connectivity index (χ0v) is 20.9. The number of amides is 1. The molecule has 0 bridgehead atoms. The van der Waals surface area contributed by atoms with E-state index in [1.165, 1.54) is 29.5 Å². The summed E-state index contributed by atoms with van der Waals surface area (Å²) in [5.74, 6) is 1.47. The number of aromatic nitrogens is 3. The van der Waals surface area contributed by atoms with Gasteiger partial charge in [-0.1, -0.05) is 47.7 Å². The van der Waals surface area contributed by atoms with Crippen molar-refractivity contribution in [3.8, 4) is 11.4 Å². The molecule has 1 amide bonds. The highest BCUT2D eigenvalue weighted by Crippen LogP contribution is 2.29. The number of nitro benzene ring substituents is 1. The fraction of sp³-hybridized carbons (Fsp3) is 0.192. The number of non-ortho nitro benzene ring substituents is 1. The summed E-state index contributed by atoms with van der Waals surface area (Å²) in [5, 5.41) is 23.5. The molecule has 0 aliphatic carbocycles. The first-order valence-corrected chi connectivity index (χ1v) is 12.2. The fourth-order valence-corrected chi connectivity index (χ4v) is 4.58. The highest BCUT2D eigenvalue weighted by molar-refractivity contribution is 7.98. The zero-order chi connectivity index (χ0) is 25.7. The van der Waals surface area contributed by atoms with Crippen LogP contribution in [0.4, 0.5) is 5.69 Å². The highest BCUT2D eigenvalue weighted by atomic mass is 32.2. The number of carbonyl (C=O) groups excluding carboxylic acids is 1. The van der Waals surface area contributed by atoms with Gasteiger partial charge >= 0.3 is 0 Å². The lowest BCUT2D eigenvalue weighted by Crippen LogP contribution is -2.28. The Balaban J connectivity index is 1.64. The van der Waals surface area contributed by atoms with Gasteiger partial charge in [-0.3, -0.25) is 19.5 Å². The largest absolute Gasteiger partial charge is 0.497 e. The lowest BCUT2D eigenvalue weighted by atomic mass is 10.2. The molecule has 0 saturated carbocycles. The molecule has 4 rings (SSSR count). The molecule has 3 aromatic carbocycles. The number of nitrogens with zero attached hydrogens (tertiary/aromatic N) is 4. The van der Waals surface area contributed by atoms with Crippen LogP contribution in [0.2, 0.25) is 0 Å². The monoisotopic (exact) mass is 503 g/mol. The van der Waals surface area contributed by atoms with Crippen molar-refractivity contribution in [1.29, 1.82) is 0 Å². The molecule has 1 atom stereocenters. The summed E-state index contributed by atoms with van der Waals surface area (Å²) in [7, 11) is 1.54. The number of methoxy groups -OCH3 is 1. The lowest BCUT2D eigenvalue weighted by Gasteiger charge is -2.16. The van der Waals surface area contributed by atoms with Crippen molar-refractivity contribution < 1.29 is 14.5 Å². The molecular formula is C26H25N5O4S. The van der Waals surface area contributed by atoms with Gasteiger partial charge in [0.25, 0.3) is 11.6 Å². The molecule has 0 radical (unpaired) electrons. The average Bonchev–Trinajstić information content (AvgIpc) is 3.31. The predicted molar refractivity (Wildman–Crippen MR) is 138 cm³/mol. The van der Waals surface area contributed by atoms with Crippen LogP contribution in [0.3, 0.4) is 0 Å². The Morgan fingerprint density at radius 3 is 2.56 bits per heavy atom. The molecule has 4 aromatic rings. The summed E-state index contributed by atoms with van der Waals surface area (Å²) < 4.78 is 7.04. The van der Waals surface area contributed by atoms with E-state index in [0.717, 1.165) is 5.56 Å². The highest BCUT2D eigenvalue weighted by Gasteiger charge is 2.22. The van der Waals surface area contributed by atoms with Crippen LogP contribution in [-0.4, -0.2) is 32.7 Å². The van der Waals surface area contributed by atoms with E-state index >= 15 is 0 Å². The number of nitro groups is 1. The average molecular weight is 504 g/mol. The summed E-state index contributed by atoms with van der Waals surface area (Å²) in [5.41, 5.74) is 3.41. The SMILES string of the molecule is COc1cccc(C(=O)NC(C)c2nnc(SCc3cccc(C)c3)n2-c2ccc([N+](=O)[O-])cc2)c1. The number of nitrogens with one attached hydrogen (secondary N) is 1. The van der Waals surface area contributed by atoms with Gasteiger partial charge < -0.3 is 10.1 Å². The van der Waals surface area contributed by atoms with Gasteiger partial charge in [0.2, 0.25) is 0 Å². The molecule has 9 nitrogen and oxygen atoms in total. The van der Waals surface area contributed by atoms with Crippen LogP contribution in [0, 0.1) is 17.0 Å². The number of ether oxygens (including phenoxy) is 1. The molecule has 36 heavy (non-hydrogen) atoms. The van der Waals surface area contributed by atoms with Crippen molar-refractivity contribution >= 4 is 23.4 Å². The maximum absolute atomic E-state index is 12.9. The topological polar surface area (TPSA) is 112 Å².